The van der Waals surface area contributed by atoms with Gasteiger partial charge in [-0.15, -0.1) is 0 Å². The van der Waals surface area contributed by atoms with E-state index in [9.17, 15) is 9.18 Å². The minimum atomic E-state index is -0.232. The minimum absolute atomic E-state index is 0.00736. The molecule has 0 aromatic heterocycles. The molecule has 3 nitrogen and oxygen atoms in total. The van der Waals surface area contributed by atoms with Crippen molar-refractivity contribution in [2.75, 3.05) is 6.54 Å². The molecular formula is C19H25FN2O. The molecule has 3 fully saturated rings. The highest BCUT2D eigenvalue weighted by Crippen LogP contribution is 2.48. The highest BCUT2D eigenvalue weighted by molar-refractivity contribution is 5.80. The lowest BCUT2D eigenvalue weighted by molar-refractivity contribution is -0.138. The van der Waals surface area contributed by atoms with E-state index in [0.717, 1.165) is 24.9 Å². The summed E-state index contributed by atoms with van der Waals surface area (Å²) >= 11 is 0. The van der Waals surface area contributed by atoms with Crippen molar-refractivity contribution in [1.82, 2.24) is 4.90 Å². The highest BCUT2D eigenvalue weighted by atomic mass is 19.1. The van der Waals surface area contributed by atoms with E-state index in [2.05, 4.69) is 0 Å². The topological polar surface area (TPSA) is 46.3 Å². The molecule has 4 rings (SSSR count). The normalized spacial score (nSPS) is 32.3. The first-order chi connectivity index (χ1) is 11.1. The fraction of sp³-hybridized carbons (Fsp3) is 0.632. The average molecular weight is 316 g/mol. The lowest BCUT2D eigenvalue weighted by Gasteiger charge is -2.33. The number of nitrogens with zero attached hydrogens (tertiary/aromatic N) is 1. The van der Waals surface area contributed by atoms with Gasteiger partial charge in [0.05, 0.1) is 5.92 Å². The van der Waals surface area contributed by atoms with E-state index in [-0.39, 0.29) is 23.7 Å². The first-order valence-electron chi connectivity index (χ1n) is 8.90. The van der Waals surface area contributed by atoms with Gasteiger partial charge in [0.25, 0.3) is 0 Å². The molecule has 0 heterocycles. The van der Waals surface area contributed by atoms with Gasteiger partial charge in [-0.3, -0.25) is 4.79 Å². The fourth-order valence-corrected chi connectivity index (χ4v) is 4.57. The fourth-order valence-electron chi connectivity index (χ4n) is 4.57. The van der Waals surface area contributed by atoms with Gasteiger partial charge in [-0.2, -0.15) is 0 Å². The number of amides is 1. The molecule has 124 valence electrons. The summed E-state index contributed by atoms with van der Waals surface area (Å²) in [6.45, 7) is 1.41. The lowest BCUT2D eigenvalue weighted by atomic mass is 9.84. The second kappa shape index (κ2) is 5.90. The van der Waals surface area contributed by atoms with Crippen LogP contribution in [0.5, 0.6) is 0 Å². The molecule has 0 aliphatic heterocycles. The van der Waals surface area contributed by atoms with E-state index in [1.807, 2.05) is 4.90 Å². The molecule has 0 saturated heterocycles. The monoisotopic (exact) mass is 316 g/mol. The molecule has 2 N–H and O–H groups in total. The second-order valence-electron chi connectivity index (χ2n) is 7.72. The Bertz CT molecular complexity index is 582. The van der Waals surface area contributed by atoms with Crippen LogP contribution in [-0.4, -0.2) is 23.4 Å². The van der Waals surface area contributed by atoms with E-state index in [1.54, 1.807) is 12.1 Å². The Morgan fingerprint density at radius 2 is 1.83 bits per heavy atom. The van der Waals surface area contributed by atoms with Gasteiger partial charge in [0.15, 0.2) is 0 Å². The quantitative estimate of drug-likeness (QED) is 0.908. The van der Waals surface area contributed by atoms with Crippen LogP contribution in [0, 0.1) is 29.5 Å². The zero-order valence-corrected chi connectivity index (χ0v) is 13.5. The predicted octanol–water partition coefficient (Wildman–Crippen LogP) is 2.94. The summed E-state index contributed by atoms with van der Waals surface area (Å²) in [5, 5.41) is 0. The van der Waals surface area contributed by atoms with Crippen LogP contribution in [0.15, 0.2) is 24.3 Å². The molecule has 1 amide bonds. The van der Waals surface area contributed by atoms with Crippen molar-refractivity contribution >= 4 is 5.91 Å². The van der Waals surface area contributed by atoms with Crippen LogP contribution in [0.2, 0.25) is 0 Å². The number of halogens is 1. The average Bonchev–Trinajstić information content (AvgIpc) is 3.14. The number of hydrogen-bond acceptors (Lipinski definition) is 2. The maximum atomic E-state index is 13.2. The van der Waals surface area contributed by atoms with Gasteiger partial charge in [0.2, 0.25) is 5.91 Å². The molecule has 1 aromatic carbocycles. The Hall–Kier alpha value is -1.42. The van der Waals surface area contributed by atoms with Crippen LogP contribution in [0.3, 0.4) is 0 Å². The number of hydrogen-bond donors (Lipinski definition) is 1. The Kier molecular flexibility index (Phi) is 3.88. The third-order valence-corrected chi connectivity index (χ3v) is 6.04. The van der Waals surface area contributed by atoms with Crippen LogP contribution in [0.4, 0.5) is 4.39 Å². The van der Waals surface area contributed by atoms with E-state index >= 15 is 0 Å². The summed E-state index contributed by atoms with van der Waals surface area (Å²) < 4.78 is 13.1. The van der Waals surface area contributed by atoms with E-state index < -0.39 is 0 Å². The Morgan fingerprint density at radius 3 is 2.43 bits per heavy atom. The Labute approximate surface area is 137 Å². The maximum Gasteiger partial charge on any atom is 0.227 e. The summed E-state index contributed by atoms with van der Waals surface area (Å²) in [7, 11) is 0. The molecule has 4 atom stereocenters. The van der Waals surface area contributed by atoms with Crippen LogP contribution >= 0.6 is 0 Å². The van der Waals surface area contributed by atoms with Crippen LogP contribution in [0.25, 0.3) is 0 Å². The number of benzene rings is 1. The largest absolute Gasteiger partial charge is 0.338 e. The Morgan fingerprint density at radius 1 is 1.13 bits per heavy atom. The van der Waals surface area contributed by atoms with Crippen molar-refractivity contribution in [2.45, 2.75) is 44.7 Å². The summed E-state index contributed by atoms with van der Waals surface area (Å²) in [5.74, 6) is 1.69. The molecule has 3 aliphatic rings. The van der Waals surface area contributed by atoms with Gasteiger partial charge in [-0.25, -0.2) is 4.39 Å². The molecular weight excluding hydrogens is 291 g/mol. The van der Waals surface area contributed by atoms with Gasteiger partial charge in [-0.05, 0) is 67.6 Å². The van der Waals surface area contributed by atoms with E-state index in [1.165, 1.54) is 31.4 Å². The number of carbonyl (C=O) groups excluding carboxylic acids is 1. The second-order valence-corrected chi connectivity index (χ2v) is 7.72. The van der Waals surface area contributed by atoms with Crippen molar-refractivity contribution in [3.05, 3.63) is 35.6 Å². The molecule has 23 heavy (non-hydrogen) atoms. The zero-order chi connectivity index (χ0) is 16.0. The van der Waals surface area contributed by atoms with Crippen molar-refractivity contribution in [2.24, 2.45) is 29.4 Å². The van der Waals surface area contributed by atoms with Crippen molar-refractivity contribution < 1.29 is 9.18 Å². The number of rotatable bonds is 5. The van der Waals surface area contributed by atoms with E-state index in [0.29, 0.717) is 24.3 Å². The standard InChI is InChI=1S/C19H25FN2O/c20-16-7-3-13(4-8-16)11-22(10-12-1-2-12)19(23)17-14-5-6-15(9-14)18(17)21/h3-4,7-8,12,14-15,17-18H,1-2,5-6,9-11,21H2. The van der Waals surface area contributed by atoms with Gasteiger partial charge < -0.3 is 10.6 Å². The van der Waals surface area contributed by atoms with Gasteiger partial charge in [0.1, 0.15) is 5.82 Å². The molecule has 4 unspecified atom stereocenters. The molecule has 1 aromatic rings. The maximum absolute atomic E-state index is 13.2. The van der Waals surface area contributed by atoms with E-state index in [4.69, 9.17) is 5.73 Å². The van der Waals surface area contributed by atoms with Gasteiger partial charge in [-0.1, -0.05) is 12.1 Å². The first kappa shape index (κ1) is 15.1. The van der Waals surface area contributed by atoms with Crippen LogP contribution < -0.4 is 5.73 Å². The van der Waals surface area contributed by atoms with Crippen molar-refractivity contribution in [3.8, 4) is 0 Å². The van der Waals surface area contributed by atoms with Crippen LogP contribution in [0.1, 0.15) is 37.7 Å². The predicted molar refractivity (Wildman–Crippen MR) is 86.8 cm³/mol. The third kappa shape index (κ3) is 3.01. The lowest BCUT2D eigenvalue weighted by Crippen LogP contribution is -2.47. The summed E-state index contributed by atoms with van der Waals surface area (Å²) in [4.78, 5) is 15.1. The third-order valence-electron chi connectivity index (χ3n) is 6.04. The molecule has 0 spiro atoms. The zero-order valence-electron chi connectivity index (χ0n) is 13.5. The molecule has 2 bridgehead atoms. The Balaban J connectivity index is 1.50. The highest BCUT2D eigenvalue weighted by Gasteiger charge is 2.50. The summed E-state index contributed by atoms with van der Waals surface area (Å²) in [6, 6.07) is 6.54. The van der Waals surface area contributed by atoms with Crippen LogP contribution in [-0.2, 0) is 11.3 Å². The summed E-state index contributed by atoms with van der Waals surface area (Å²) in [6.07, 6.45) is 5.91. The first-order valence-corrected chi connectivity index (χ1v) is 8.90. The molecule has 3 aliphatic carbocycles. The smallest absolute Gasteiger partial charge is 0.227 e. The minimum Gasteiger partial charge on any atom is -0.338 e. The number of fused-ring (bicyclic) bond motifs is 2. The SMILES string of the molecule is NC1C2CCC(C2)C1C(=O)N(Cc1ccc(F)cc1)CC1CC1. The molecule has 0 radical (unpaired) electrons. The van der Waals surface area contributed by atoms with Gasteiger partial charge in [0, 0.05) is 19.1 Å². The number of nitrogens with two attached hydrogens (primary N) is 1. The molecule has 3 saturated carbocycles. The van der Waals surface area contributed by atoms with Crippen molar-refractivity contribution in [1.29, 1.82) is 0 Å². The van der Waals surface area contributed by atoms with Gasteiger partial charge >= 0.3 is 0 Å². The molecule has 4 heteroatoms. The number of carbonyl (C=O) groups is 1. The van der Waals surface area contributed by atoms with Crippen molar-refractivity contribution in [3.63, 3.8) is 0 Å². The summed E-state index contributed by atoms with van der Waals surface area (Å²) in [5.41, 5.74) is 7.36.